The van der Waals surface area contributed by atoms with E-state index in [1.807, 2.05) is 13.8 Å². The predicted molar refractivity (Wildman–Crippen MR) is 47.1 cm³/mol. The number of hydrogen-bond acceptors (Lipinski definition) is 4. The molecule has 0 aliphatic carbocycles. The molecule has 0 aromatic rings. The van der Waals surface area contributed by atoms with E-state index >= 15 is 0 Å². The molecule has 1 saturated heterocycles. The molecule has 13 heavy (non-hydrogen) atoms. The molecule has 0 atom stereocenters. The average Bonchev–Trinajstić information content (AvgIpc) is 2.32. The molecule has 78 valence electrons. The molecule has 1 rings (SSSR count). The van der Waals surface area contributed by atoms with E-state index in [1.54, 1.807) is 0 Å². The summed E-state index contributed by atoms with van der Waals surface area (Å²) in [6.45, 7) is 6.05. The molecule has 0 N–H and O–H groups in total. The molecule has 0 spiro atoms. The lowest BCUT2D eigenvalue weighted by Crippen LogP contribution is -2.41. The lowest BCUT2D eigenvalue weighted by Gasteiger charge is -2.29. The molecule has 1 aliphatic heterocycles. The smallest absolute Gasteiger partial charge is 0.304 e. The van der Waals surface area contributed by atoms with E-state index in [0.29, 0.717) is 26.4 Å². The van der Waals surface area contributed by atoms with Gasteiger partial charge in [0.15, 0.2) is 0 Å². The molecule has 1 heterocycles. The van der Waals surface area contributed by atoms with Gasteiger partial charge in [-0.3, -0.25) is 0 Å². The van der Waals surface area contributed by atoms with E-state index in [2.05, 4.69) is 0 Å². The van der Waals surface area contributed by atoms with Crippen LogP contribution in [0.1, 0.15) is 26.7 Å². The van der Waals surface area contributed by atoms with Crippen LogP contribution in [-0.4, -0.2) is 32.6 Å². The van der Waals surface area contributed by atoms with Gasteiger partial charge in [-0.2, -0.15) is 0 Å². The van der Waals surface area contributed by atoms with Gasteiger partial charge in [-0.1, -0.05) is 0 Å². The first-order chi connectivity index (χ1) is 6.33. The maximum absolute atomic E-state index is 5.40. The lowest BCUT2D eigenvalue weighted by molar-refractivity contribution is -0.492. The third kappa shape index (κ3) is 3.23. The zero-order valence-electron chi connectivity index (χ0n) is 8.38. The fraction of sp³-hybridized carbons (Fsp3) is 1.00. The third-order valence-corrected chi connectivity index (χ3v) is 1.74. The molecule has 1 aliphatic rings. The number of ether oxygens (including phenoxy) is 4. The highest BCUT2D eigenvalue weighted by Crippen LogP contribution is 2.21. The van der Waals surface area contributed by atoms with Crippen LogP contribution in [0.4, 0.5) is 0 Å². The lowest BCUT2D eigenvalue weighted by atomic mass is 10.3. The third-order valence-electron chi connectivity index (χ3n) is 1.74. The Morgan fingerprint density at radius 3 is 1.85 bits per heavy atom. The van der Waals surface area contributed by atoms with Crippen LogP contribution in [0, 0.1) is 0 Å². The van der Waals surface area contributed by atoms with Crippen LogP contribution in [0.25, 0.3) is 0 Å². The van der Waals surface area contributed by atoms with Crippen molar-refractivity contribution in [2.45, 2.75) is 32.8 Å². The Morgan fingerprint density at radius 1 is 1.00 bits per heavy atom. The molecule has 0 unspecified atom stereocenters. The van der Waals surface area contributed by atoms with E-state index in [1.165, 1.54) is 0 Å². The van der Waals surface area contributed by atoms with Gasteiger partial charge in [0.1, 0.15) is 0 Å². The van der Waals surface area contributed by atoms with E-state index in [-0.39, 0.29) is 0 Å². The van der Waals surface area contributed by atoms with Crippen LogP contribution in [0.5, 0.6) is 0 Å². The summed E-state index contributed by atoms with van der Waals surface area (Å²) in [6.07, 6.45) is 0.740. The first kappa shape index (κ1) is 10.9. The summed E-state index contributed by atoms with van der Waals surface area (Å²) >= 11 is 0. The SMILES string of the molecule is CCOC1(OCC)OCCCCO1. The molecule has 0 aromatic carbocycles. The Balaban J connectivity index is 2.50. The second-order valence-corrected chi connectivity index (χ2v) is 2.77. The van der Waals surface area contributed by atoms with Crippen molar-refractivity contribution in [2.75, 3.05) is 26.4 Å². The Hall–Kier alpha value is -0.160. The average molecular weight is 190 g/mol. The van der Waals surface area contributed by atoms with Gasteiger partial charge in [0.05, 0.1) is 26.4 Å². The minimum atomic E-state index is -1.24. The van der Waals surface area contributed by atoms with Crippen molar-refractivity contribution < 1.29 is 18.9 Å². The molecule has 1 fully saturated rings. The highest BCUT2D eigenvalue weighted by molar-refractivity contribution is 4.50. The van der Waals surface area contributed by atoms with Crippen LogP contribution >= 0.6 is 0 Å². The van der Waals surface area contributed by atoms with Crippen LogP contribution < -0.4 is 0 Å². The van der Waals surface area contributed by atoms with Gasteiger partial charge in [-0.25, -0.2) is 0 Å². The van der Waals surface area contributed by atoms with Gasteiger partial charge in [-0.05, 0) is 26.7 Å². The van der Waals surface area contributed by atoms with E-state index in [4.69, 9.17) is 18.9 Å². The van der Waals surface area contributed by atoms with E-state index in [0.717, 1.165) is 12.8 Å². The second kappa shape index (κ2) is 5.54. The van der Waals surface area contributed by atoms with Crippen molar-refractivity contribution in [1.29, 1.82) is 0 Å². The Labute approximate surface area is 79.1 Å². The van der Waals surface area contributed by atoms with E-state index < -0.39 is 6.16 Å². The number of rotatable bonds is 4. The molecule has 0 bridgehead atoms. The van der Waals surface area contributed by atoms with Gasteiger partial charge in [-0.15, -0.1) is 0 Å². The summed E-state index contributed by atoms with van der Waals surface area (Å²) in [5.41, 5.74) is 0. The molecule has 0 saturated carbocycles. The van der Waals surface area contributed by atoms with Crippen molar-refractivity contribution in [3.63, 3.8) is 0 Å². The van der Waals surface area contributed by atoms with Crippen LogP contribution in [0.15, 0.2) is 0 Å². The molecule has 0 amide bonds. The summed E-state index contributed by atoms with van der Waals surface area (Å²) in [7, 11) is 0. The first-order valence-electron chi connectivity index (χ1n) is 4.89. The summed E-state index contributed by atoms with van der Waals surface area (Å²) in [5, 5.41) is 0. The van der Waals surface area contributed by atoms with Crippen molar-refractivity contribution in [3.8, 4) is 0 Å². The fourth-order valence-corrected chi connectivity index (χ4v) is 1.20. The monoisotopic (exact) mass is 190 g/mol. The van der Waals surface area contributed by atoms with Crippen molar-refractivity contribution in [2.24, 2.45) is 0 Å². The fourth-order valence-electron chi connectivity index (χ4n) is 1.20. The molecule has 4 nitrogen and oxygen atoms in total. The zero-order valence-corrected chi connectivity index (χ0v) is 8.38. The topological polar surface area (TPSA) is 36.9 Å². The Bertz CT molecular complexity index is 122. The van der Waals surface area contributed by atoms with Crippen molar-refractivity contribution >= 4 is 0 Å². The normalized spacial score (nSPS) is 22.6. The number of hydrogen-bond donors (Lipinski definition) is 0. The largest absolute Gasteiger partial charge is 0.412 e. The Morgan fingerprint density at radius 2 is 1.46 bits per heavy atom. The second-order valence-electron chi connectivity index (χ2n) is 2.77. The quantitative estimate of drug-likeness (QED) is 0.629. The maximum atomic E-state index is 5.40. The van der Waals surface area contributed by atoms with Gasteiger partial charge < -0.3 is 18.9 Å². The molecular formula is C9H18O4. The van der Waals surface area contributed by atoms with E-state index in [9.17, 15) is 0 Å². The molecule has 0 aromatic heterocycles. The van der Waals surface area contributed by atoms with Crippen LogP contribution in [-0.2, 0) is 18.9 Å². The first-order valence-corrected chi connectivity index (χ1v) is 4.89. The summed E-state index contributed by atoms with van der Waals surface area (Å²) < 4.78 is 21.5. The molecule has 0 radical (unpaired) electrons. The Kier molecular flexibility index (Phi) is 4.66. The summed E-state index contributed by atoms with van der Waals surface area (Å²) in [6, 6.07) is 0. The van der Waals surface area contributed by atoms with Crippen LogP contribution in [0.2, 0.25) is 0 Å². The highest BCUT2D eigenvalue weighted by atomic mass is 17.0. The van der Waals surface area contributed by atoms with Crippen LogP contribution in [0.3, 0.4) is 0 Å². The molecular weight excluding hydrogens is 172 g/mol. The minimum Gasteiger partial charge on any atom is -0.304 e. The maximum Gasteiger partial charge on any atom is 0.412 e. The summed E-state index contributed by atoms with van der Waals surface area (Å²) in [5.74, 6) is 0. The molecule has 4 heteroatoms. The van der Waals surface area contributed by atoms with Crippen molar-refractivity contribution in [3.05, 3.63) is 0 Å². The van der Waals surface area contributed by atoms with Gasteiger partial charge in [0, 0.05) is 0 Å². The van der Waals surface area contributed by atoms with Gasteiger partial charge >= 0.3 is 6.16 Å². The standard InChI is InChI=1S/C9H18O4/c1-3-10-9(11-4-2)12-7-5-6-8-13-9/h3-8H2,1-2H3. The highest BCUT2D eigenvalue weighted by Gasteiger charge is 2.35. The zero-order chi connectivity index (χ0) is 9.57. The van der Waals surface area contributed by atoms with Crippen molar-refractivity contribution in [1.82, 2.24) is 0 Å². The minimum absolute atomic E-state index is 0.514. The van der Waals surface area contributed by atoms with Gasteiger partial charge in [0.25, 0.3) is 0 Å². The summed E-state index contributed by atoms with van der Waals surface area (Å²) in [4.78, 5) is 0. The predicted octanol–water partition coefficient (Wildman–Crippen LogP) is 1.50. The van der Waals surface area contributed by atoms with Gasteiger partial charge in [0.2, 0.25) is 0 Å².